The molecule has 0 radical (unpaired) electrons. The molecule has 2 aromatic carbocycles. The number of nitrogens with zero attached hydrogens (tertiary/aromatic N) is 4. The van der Waals surface area contributed by atoms with Crippen molar-refractivity contribution in [2.75, 3.05) is 6.79 Å². The molecule has 1 fully saturated rings. The molecule has 0 saturated heterocycles. The molecule has 2 aliphatic rings. The molecule has 8 nitrogen and oxygen atoms in total. The minimum Gasteiger partial charge on any atom is -0.467 e. The molecular weight excluding hydrogens is 392 g/mol. The Labute approximate surface area is 171 Å². The highest BCUT2D eigenvalue weighted by Crippen LogP contribution is 2.42. The molecule has 1 aromatic heterocycles. The van der Waals surface area contributed by atoms with Crippen LogP contribution in [0.2, 0.25) is 0 Å². The molecule has 9 heteroatoms. The standard InChI is InChI=1S/C20H18N4O4S/c25-24(26)17-8-14-10-27-12-28-18(14)15(9-17)11-29-20-22-21-19(13-6-7-13)23(20)16-4-2-1-3-5-16/h1-5,8-9,13H,6-7,10-12H2. The minimum atomic E-state index is -0.388. The molecule has 0 N–H and O–H groups in total. The van der Waals surface area contributed by atoms with Crippen LogP contribution in [0.25, 0.3) is 5.69 Å². The van der Waals surface area contributed by atoms with E-state index in [0.29, 0.717) is 29.6 Å². The van der Waals surface area contributed by atoms with Gasteiger partial charge in [0.25, 0.3) is 5.69 Å². The van der Waals surface area contributed by atoms with Gasteiger partial charge in [-0.25, -0.2) is 0 Å². The van der Waals surface area contributed by atoms with E-state index in [0.717, 1.165) is 35.1 Å². The Bertz CT molecular complexity index is 1070. The van der Waals surface area contributed by atoms with Gasteiger partial charge in [0, 0.05) is 40.6 Å². The van der Waals surface area contributed by atoms with Crippen molar-refractivity contribution in [1.82, 2.24) is 14.8 Å². The van der Waals surface area contributed by atoms with E-state index in [1.165, 1.54) is 17.8 Å². The number of hydrogen-bond donors (Lipinski definition) is 0. The molecule has 0 atom stereocenters. The van der Waals surface area contributed by atoms with E-state index in [1.807, 2.05) is 30.3 Å². The van der Waals surface area contributed by atoms with Crippen molar-refractivity contribution in [2.45, 2.75) is 36.3 Å². The van der Waals surface area contributed by atoms with Crippen molar-refractivity contribution in [3.8, 4) is 11.4 Å². The third-order valence-electron chi connectivity index (χ3n) is 4.95. The van der Waals surface area contributed by atoms with E-state index in [4.69, 9.17) is 9.47 Å². The largest absolute Gasteiger partial charge is 0.467 e. The van der Waals surface area contributed by atoms with Gasteiger partial charge in [-0.2, -0.15) is 0 Å². The molecule has 0 amide bonds. The number of non-ortho nitro benzene ring substituents is 1. The molecule has 3 aromatic rings. The monoisotopic (exact) mass is 410 g/mol. The third kappa shape index (κ3) is 3.58. The first-order valence-electron chi connectivity index (χ1n) is 9.35. The summed E-state index contributed by atoms with van der Waals surface area (Å²) in [6.07, 6.45) is 2.25. The van der Waals surface area contributed by atoms with Gasteiger partial charge in [0.1, 0.15) is 11.6 Å². The Morgan fingerprint density at radius 2 is 2.03 bits per heavy atom. The van der Waals surface area contributed by atoms with Crippen molar-refractivity contribution in [2.24, 2.45) is 0 Å². The van der Waals surface area contributed by atoms with Crippen LogP contribution in [0.1, 0.15) is 35.7 Å². The van der Waals surface area contributed by atoms with Gasteiger partial charge in [0.15, 0.2) is 11.9 Å². The van der Waals surface area contributed by atoms with Crippen molar-refractivity contribution < 1.29 is 14.4 Å². The van der Waals surface area contributed by atoms with Crippen LogP contribution < -0.4 is 4.74 Å². The first-order valence-corrected chi connectivity index (χ1v) is 10.3. The Hall–Kier alpha value is -2.91. The van der Waals surface area contributed by atoms with Crippen molar-refractivity contribution >= 4 is 17.4 Å². The second kappa shape index (κ2) is 7.49. The number of aromatic nitrogens is 3. The number of hydrogen-bond acceptors (Lipinski definition) is 7. The summed E-state index contributed by atoms with van der Waals surface area (Å²) in [7, 11) is 0. The highest BCUT2D eigenvalue weighted by molar-refractivity contribution is 7.98. The number of rotatable bonds is 6. The van der Waals surface area contributed by atoms with Crippen molar-refractivity contribution in [3.63, 3.8) is 0 Å². The Morgan fingerprint density at radius 1 is 1.21 bits per heavy atom. The van der Waals surface area contributed by atoms with Gasteiger partial charge in [-0.15, -0.1) is 10.2 Å². The molecule has 0 bridgehead atoms. The second-order valence-corrected chi connectivity index (χ2v) is 7.98. The number of benzene rings is 2. The van der Waals surface area contributed by atoms with Gasteiger partial charge >= 0.3 is 0 Å². The van der Waals surface area contributed by atoms with Crippen molar-refractivity contribution in [1.29, 1.82) is 0 Å². The Morgan fingerprint density at radius 3 is 2.79 bits per heavy atom. The zero-order valence-corrected chi connectivity index (χ0v) is 16.3. The summed E-state index contributed by atoms with van der Waals surface area (Å²) >= 11 is 1.50. The van der Waals surface area contributed by atoms with Crippen LogP contribution in [0, 0.1) is 10.1 Å². The highest BCUT2D eigenvalue weighted by Gasteiger charge is 2.31. The molecule has 148 valence electrons. The predicted molar refractivity (Wildman–Crippen MR) is 106 cm³/mol. The lowest BCUT2D eigenvalue weighted by atomic mass is 10.1. The van der Waals surface area contributed by atoms with Crippen LogP contribution in [0.5, 0.6) is 5.75 Å². The smallest absolute Gasteiger partial charge is 0.270 e. The van der Waals surface area contributed by atoms with Gasteiger partial charge in [-0.3, -0.25) is 14.7 Å². The van der Waals surface area contributed by atoms with E-state index in [1.54, 1.807) is 6.07 Å². The molecular formula is C20H18N4O4S. The third-order valence-corrected chi connectivity index (χ3v) is 5.93. The van der Waals surface area contributed by atoms with E-state index < -0.39 is 0 Å². The number of nitro benzene ring substituents is 1. The summed E-state index contributed by atoms with van der Waals surface area (Å²) in [5.41, 5.74) is 2.52. The first-order chi connectivity index (χ1) is 14.2. The number of ether oxygens (including phenoxy) is 2. The number of thioether (sulfide) groups is 1. The highest BCUT2D eigenvalue weighted by atomic mass is 32.2. The van der Waals surface area contributed by atoms with Crippen LogP contribution in [0.15, 0.2) is 47.6 Å². The lowest BCUT2D eigenvalue weighted by molar-refractivity contribution is -0.385. The van der Waals surface area contributed by atoms with Crippen LogP contribution in [0.4, 0.5) is 5.69 Å². The number of nitro groups is 1. The fraction of sp³-hybridized carbons (Fsp3) is 0.300. The summed E-state index contributed by atoms with van der Waals surface area (Å²) in [5.74, 6) is 2.58. The fourth-order valence-corrected chi connectivity index (χ4v) is 4.36. The van der Waals surface area contributed by atoms with Crippen LogP contribution in [0.3, 0.4) is 0 Å². The summed E-state index contributed by atoms with van der Waals surface area (Å²) in [6.45, 7) is 0.454. The van der Waals surface area contributed by atoms with E-state index >= 15 is 0 Å². The van der Waals surface area contributed by atoms with Crippen LogP contribution in [-0.2, 0) is 17.1 Å². The first kappa shape index (κ1) is 18.1. The zero-order valence-electron chi connectivity index (χ0n) is 15.5. The molecule has 1 aliphatic carbocycles. The Kier molecular flexibility index (Phi) is 4.69. The minimum absolute atomic E-state index is 0.0386. The van der Waals surface area contributed by atoms with Gasteiger partial charge in [-0.1, -0.05) is 30.0 Å². The predicted octanol–water partition coefficient (Wildman–Crippen LogP) is 4.21. The van der Waals surface area contributed by atoms with E-state index in [2.05, 4.69) is 14.8 Å². The molecule has 0 unspecified atom stereocenters. The number of para-hydroxylation sites is 1. The summed E-state index contributed by atoms with van der Waals surface area (Å²) < 4.78 is 13.0. The topological polar surface area (TPSA) is 92.3 Å². The van der Waals surface area contributed by atoms with Gasteiger partial charge < -0.3 is 9.47 Å². The molecule has 29 heavy (non-hydrogen) atoms. The van der Waals surface area contributed by atoms with E-state index in [9.17, 15) is 10.1 Å². The second-order valence-electron chi connectivity index (χ2n) is 7.04. The lowest BCUT2D eigenvalue weighted by Crippen LogP contribution is -2.13. The maximum Gasteiger partial charge on any atom is 0.270 e. The maximum absolute atomic E-state index is 11.3. The molecule has 0 spiro atoms. The average molecular weight is 410 g/mol. The SMILES string of the molecule is O=[N+]([O-])c1cc2c(c(CSc3nnc(C4CC4)n3-c3ccccc3)c1)OCOC2. The fourth-order valence-electron chi connectivity index (χ4n) is 3.44. The lowest BCUT2D eigenvalue weighted by Gasteiger charge is -2.20. The average Bonchev–Trinajstić information content (AvgIpc) is 3.51. The van der Waals surface area contributed by atoms with Crippen LogP contribution >= 0.6 is 11.8 Å². The molecule has 5 rings (SSSR count). The maximum atomic E-state index is 11.3. The quantitative estimate of drug-likeness (QED) is 0.341. The molecule has 1 saturated carbocycles. The summed E-state index contributed by atoms with van der Waals surface area (Å²) in [5, 5.41) is 20.9. The molecule has 2 heterocycles. The number of fused-ring (bicyclic) bond motifs is 1. The van der Waals surface area contributed by atoms with Gasteiger partial charge in [0.05, 0.1) is 11.5 Å². The van der Waals surface area contributed by atoms with E-state index in [-0.39, 0.29) is 17.4 Å². The van der Waals surface area contributed by atoms with Gasteiger partial charge in [0.2, 0.25) is 0 Å². The normalized spacial score (nSPS) is 15.6. The zero-order chi connectivity index (χ0) is 19.8. The van der Waals surface area contributed by atoms with Gasteiger partial charge in [-0.05, 0) is 25.0 Å². The molecule has 1 aliphatic heterocycles. The van der Waals surface area contributed by atoms with Crippen LogP contribution in [-0.4, -0.2) is 26.5 Å². The Balaban J connectivity index is 1.48. The summed E-state index contributed by atoms with van der Waals surface area (Å²) in [4.78, 5) is 10.9. The van der Waals surface area contributed by atoms with Crippen molar-refractivity contribution in [3.05, 3.63) is 69.5 Å². The summed E-state index contributed by atoms with van der Waals surface area (Å²) in [6, 6.07) is 13.1.